The third kappa shape index (κ3) is 3.42. The molecule has 146 valence electrons. The molecular weight excluding hydrogens is 468 g/mol. The summed E-state index contributed by atoms with van der Waals surface area (Å²) in [6.45, 7) is 0.707. The summed E-state index contributed by atoms with van der Waals surface area (Å²) in [6.07, 6.45) is 0.978. The summed E-state index contributed by atoms with van der Waals surface area (Å²) in [6, 6.07) is 20.8. The lowest BCUT2D eigenvalue weighted by atomic mass is 10.1. The number of aromatic nitrogens is 1. The van der Waals surface area contributed by atoms with Crippen molar-refractivity contribution in [1.82, 2.24) is 10.0 Å². The van der Waals surface area contributed by atoms with E-state index in [9.17, 15) is 4.79 Å². The van der Waals surface area contributed by atoms with Gasteiger partial charge < -0.3 is 4.57 Å². The van der Waals surface area contributed by atoms with Gasteiger partial charge >= 0.3 is 0 Å². The molecule has 3 heterocycles. The van der Waals surface area contributed by atoms with Gasteiger partial charge in [0.15, 0.2) is 0 Å². The number of hydrogen-bond acceptors (Lipinski definition) is 4. The van der Waals surface area contributed by atoms with Gasteiger partial charge in [0.1, 0.15) is 0 Å². The zero-order valence-corrected chi connectivity index (χ0v) is 18.5. The highest BCUT2D eigenvalue weighted by atomic mass is 79.9. The van der Waals surface area contributed by atoms with Gasteiger partial charge in [-0.05, 0) is 35.9 Å². The fraction of sp³-hybridized carbons (Fsp3) is 0.136. The van der Waals surface area contributed by atoms with E-state index in [0.717, 1.165) is 15.8 Å². The van der Waals surface area contributed by atoms with Crippen molar-refractivity contribution in [2.75, 3.05) is 0 Å². The number of thiophene rings is 1. The third-order valence-corrected chi connectivity index (χ3v) is 8.17. The molecule has 0 spiro atoms. The van der Waals surface area contributed by atoms with Gasteiger partial charge in [0.25, 0.3) is 5.91 Å². The molecule has 1 aliphatic heterocycles. The molecule has 1 aliphatic rings. The fourth-order valence-corrected chi connectivity index (χ4v) is 6.56. The second kappa shape index (κ2) is 7.65. The Balaban J connectivity index is 1.56. The van der Waals surface area contributed by atoms with Crippen molar-refractivity contribution in [3.63, 3.8) is 0 Å². The Bertz CT molecular complexity index is 1220. The first-order valence-electron chi connectivity index (χ1n) is 9.19. The Kier molecular flexibility index (Phi) is 4.99. The number of hydrogen-bond donors (Lipinski definition) is 2. The normalized spacial score (nSPS) is 15.6. The number of amides is 1. The van der Waals surface area contributed by atoms with Crippen LogP contribution in [-0.2, 0) is 13.0 Å². The summed E-state index contributed by atoms with van der Waals surface area (Å²) < 4.78 is 3.45. The van der Waals surface area contributed by atoms with Crippen LogP contribution in [0.3, 0.4) is 0 Å². The number of carbonyl (C=O) groups is 1. The van der Waals surface area contributed by atoms with Crippen LogP contribution in [0.15, 0.2) is 70.0 Å². The van der Waals surface area contributed by atoms with Crippen LogP contribution in [0.25, 0.3) is 10.9 Å². The largest absolute Gasteiger partial charge is 0.338 e. The van der Waals surface area contributed by atoms with Crippen LogP contribution >= 0.6 is 39.0 Å². The SMILES string of the molecule is O=C(NO)c1ccc(Cn2c3c(c4cc(Br)ccc42)S[C@@H](c2ccccc2)C3)s1. The van der Waals surface area contributed by atoms with E-state index in [4.69, 9.17) is 5.21 Å². The highest BCUT2D eigenvalue weighted by molar-refractivity contribution is 9.10. The van der Waals surface area contributed by atoms with Crippen LogP contribution in [0.1, 0.15) is 31.1 Å². The Hall–Kier alpha value is -2.06. The maximum atomic E-state index is 11.7. The van der Waals surface area contributed by atoms with Gasteiger partial charge in [0.2, 0.25) is 0 Å². The number of rotatable bonds is 4. The molecule has 2 aromatic carbocycles. The number of halogens is 1. The Morgan fingerprint density at radius 1 is 1.17 bits per heavy atom. The van der Waals surface area contributed by atoms with Crippen LogP contribution in [0, 0.1) is 0 Å². The van der Waals surface area contributed by atoms with E-state index in [-0.39, 0.29) is 0 Å². The predicted octanol–water partition coefficient (Wildman–Crippen LogP) is 6.02. The molecule has 5 rings (SSSR count). The smallest absolute Gasteiger partial charge is 0.284 e. The van der Waals surface area contributed by atoms with Crippen molar-refractivity contribution in [2.24, 2.45) is 0 Å². The Morgan fingerprint density at radius 3 is 2.79 bits per heavy atom. The van der Waals surface area contributed by atoms with Crippen molar-refractivity contribution in [2.45, 2.75) is 23.1 Å². The Morgan fingerprint density at radius 2 is 2.00 bits per heavy atom. The van der Waals surface area contributed by atoms with E-state index in [1.54, 1.807) is 11.5 Å². The lowest BCUT2D eigenvalue weighted by molar-refractivity contribution is 0.0711. The number of nitrogens with zero attached hydrogens (tertiary/aromatic N) is 1. The fourth-order valence-electron chi connectivity index (χ4n) is 3.87. The second-order valence-corrected chi connectivity index (χ2v) is 10.2. The van der Waals surface area contributed by atoms with Crippen molar-refractivity contribution >= 4 is 55.8 Å². The average Bonchev–Trinajstić information content (AvgIpc) is 3.45. The summed E-state index contributed by atoms with van der Waals surface area (Å²) in [5.74, 6) is -0.465. The molecule has 2 N–H and O–H groups in total. The van der Waals surface area contributed by atoms with E-state index >= 15 is 0 Å². The number of hydroxylamine groups is 1. The summed E-state index contributed by atoms with van der Waals surface area (Å²) in [4.78, 5) is 14.6. The second-order valence-electron chi connectivity index (χ2n) is 6.95. The first-order chi connectivity index (χ1) is 14.1. The van der Waals surface area contributed by atoms with Gasteiger partial charge in [0.05, 0.1) is 11.4 Å². The van der Waals surface area contributed by atoms with Gasteiger partial charge in [-0.2, -0.15) is 0 Å². The number of fused-ring (bicyclic) bond motifs is 3. The van der Waals surface area contributed by atoms with Gasteiger partial charge in [0, 0.05) is 42.5 Å². The van der Waals surface area contributed by atoms with Gasteiger partial charge in [-0.15, -0.1) is 23.1 Å². The van der Waals surface area contributed by atoms with E-state index in [1.807, 2.05) is 17.8 Å². The molecule has 0 bridgehead atoms. The molecule has 0 unspecified atom stereocenters. The van der Waals surface area contributed by atoms with Gasteiger partial charge in [-0.1, -0.05) is 46.3 Å². The molecule has 4 aromatic rings. The third-order valence-electron chi connectivity index (χ3n) is 5.19. The van der Waals surface area contributed by atoms with Crippen molar-refractivity contribution < 1.29 is 10.0 Å². The number of thioether (sulfide) groups is 1. The van der Waals surface area contributed by atoms with Crippen LogP contribution in [0.2, 0.25) is 0 Å². The van der Waals surface area contributed by atoms with Crippen molar-refractivity contribution in [3.05, 3.63) is 86.1 Å². The zero-order valence-electron chi connectivity index (χ0n) is 15.3. The van der Waals surface area contributed by atoms with Crippen LogP contribution < -0.4 is 5.48 Å². The number of nitrogens with one attached hydrogen (secondary N) is 1. The first kappa shape index (κ1) is 18.9. The first-order valence-corrected chi connectivity index (χ1v) is 11.7. The van der Waals surface area contributed by atoms with Crippen LogP contribution in [-0.4, -0.2) is 15.7 Å². The summed E-state index contributed by atoms with van der Waals surface area (Å²) in [5.41, 5.74) is 5.61. The summed E-state index contributed by atoms with van der Waals surface area (Å²) >= 11 is 6.97. The lowest BCUT2D eigenvalue weighted by Crippen LogP contribution is -2.16. The summed E-state index contributed by atoms with van der Waals surface area (Å²) in [5, 5.41) is 10.6. The maximum absolute atomic E-state index is 11.7. The molecule has 2 aromatic heterocycles. The highest BCUT2D eigenvalue weighted by Crippen LogP contribution is 2.51. The molecule has 0 aliphatic carbocycles. The standard InChI is InChI=1S/C22H17BrN2O2S2/c23-14-6-8-17-16(10-14)21-18(11-20(29-21)13-4-2-1-3-5-13)25(17)12-15-7-9-19(28-15)22(26)24-27/h1-10,20,27H,11-12H2,(H,24,26)/t20-/m1/s1. The molecule has 4 nitrogen and oxygen atoms in total. The molecule has 1 amide bonds. The Labute approximate surface area is 184 Å². The number of carbonyl (C=O) groups excluding carboxylic acids is 1. The minimum Gasteiger partial charge on any atom is -0.338 e. The summed E-state index contributed by atoms with van der Waals surface area (Å²) in [7, 11) is 0. The lowest BCUT2D eigenvalue weighted by Gasteiger charge is -2.12. The monoisotopic (exact) mass is 484 g/mol. The van der Waals surface area contributed by atoms with E-state index in [1.165, 1.54) is 38.4 Å². The van der Waals surface area contributed by atoms with Gasteiger partial charge in [-0.25, -0.2) is 5.48 Å². The number of benzene rings is 2. The quantitative estimate of drug-likeness (QED) is 0.275. The molecule has 29 heavy (non-hydrogen) atoms. The van der Waals surface area contributed by atoms with E-state index in [2.05, 4.69) is 69.0 Å². The molecule has 0 fully saturated rings. The maximum Gasteiger partial charge on any atom is 0.284 e. The molecule has 0 radical (unpaired) electrons. The van der Waals surface area contributed by atoms with Crippen molar-refractivity contribution in [1.29, 1.82) is 0 Å². The molecule has 1 atom stereocenters. The van der Waals surface area contributed by atoms with Gasteiger partial charge in [-0.3, -0.25) is 10.0 Å². The average molecular weight is 485 g/mol. The molecule has 0 saturated carbocycles. The van der Waals surface area contributed by atoms with E-state index in [0.29, 0.717) is 16.7 Å². The molecule has 0 saturated heterocycles. The minimum absolute atomic E-state index is 0.412. The molecular formula is C22H17BrN2O2S2. The zero-order chi connectivity index (χ0) is 20.0. The minimum atomic E-state index is -0.465. The van der Waals surface area contributed by atoms with Crippen LogP contribution in [0.4, 0.5) is 0 Å². The van der Waals surface area contributed by atoms with Crippen LogP contribution in [0.5, 0.6) is 0 Å². The topological polar surface area (TPSA) is 54.3 Å². The van der Waals surface area contributed by atoms with E-state index < -0.39 is 5.91 Å². The predicted molar refractivity (Wildman–Crippen MR) is 121 cm³/mol. The highest BCUT2D eigenvalue weighted by Gasteiger charge is 2.30. The molecule has 7 heteroatoms. The van der Waals surface area contributed by atoms with Crippen molar-refractivity contribution in [3.8, 4) is 0 Å².